The van der Waals surface area contributed by atoms with Crippen molar-refractivity contribution in [1.82, 2.24) is 14.7 Å². The Labute approximate surface area is 226 Å². The summed E-state index contributed by atoms with van der Waals surface area (Å²) in [5.41, 5.74) is 0.0980. The zero-order chi connectivity index (χ0) is 27.7. The number of aromatic amines is 1. The van der Waals surface area contributed by atoms with Gasteiger partial charge in [0, 0.05) is 29.9 Å². The van der Waals surface area contributed by atoms with Crippen LogP contribution < -0.4 is 19.9 Å². The largest absolute Gasteiger partial charge is 0.493 e. The number of nitrogens with zero attached hydrogens (tertiary/aromatic N) is 2. The summed E-state index contributed by atoms with van der Waals surface area (Å²) in [6.07, 6.45) is 6.44. The zero-order valence-corrected chi connectivity index (χ0v) is 22.6. The van der Waals surface area contributed by atoms with Crippen molar-refractivity contribution in [2.24, 2.45) is 5.92 Å². The number of H-pyrrole nitrogens is 1. The summed E-state index contributed by atoms with van der Waals surface area (Å²) in [5, 5.41) is 0. The number of halogens is 1. The number of carbonyl (C=O) groups is 1. The van der Waals surface area contributed by atoms with Crippen molar-refractivity contribution >= 4 is 21.7 Å². The van der Waals surface area contributed by atoms with Crippen molar-refractivity contribution in [3.05, 3.63) is 70.4 Å². The summed E-state index contributed by atoms with van der Waals surface area (Å²) in [5.74, 6) is -0.198. The van der Waals surface area contributed by atoms with E-state index in [0.717, 1.165) is 31.7 Å². The molecule has 9 nitrogen and oxygen atoms in total. The summed E-state index contributed by atoms with van der Waals surface area (Å²) >= 11 is 0. The van der Waals surface area contributed by atoms with Gasteiger partial charge < -0.3 is 14.6 Å². The molecule has 2 aliphatic rings. The summed E-state index contributed by atoms with van der Waals surface area (Å²) in [4.78, 5) is 33.8. The molecule has 5 rings (SSSR count). The summed E-state index contributed by atoms with van der Waals surface area (Å²) in [6, 6.07) is 10.0. The van der Waals surface area contributed by atoms with Crippen LogP contribution in [0.1, 0.15) is 56.3 Å². The minimum absolute atomic E-state index is 0.0353. The highest BCUT2D eigenvalue weighted by molar-refractivity contribution is 7.90. The molecule has 2 fully saturated rings. The normalized spacial score (nSPS) is 19.5. The Morgan fingerprint density at radius 2 is 1.87 bits per heavy atom. The first-order chi connectivity index (χ1) is 18.6. The molecule has 1 saturated carbocycles. The summed E-state index contributed by atoms with van der Waals surface area (Å²) in [6.45, 7) is 4.55. The highest BCUT2D eigenvalue weighted by atomic mass is 32.2. The third-order valence-corrected chi connectivity index (χ3v) is 8.85. The van der Waals surface area contributed by atoms with Crippen LogP contribution in [0.25, 0.3) is 11.3 Å². The number of rotatable bonds is 8. The topological polar surface area (TPSA) is 121 Å². The summed E-state index contributed by atoms with van der Waals surface area (Å²) < 4.78 is 48.1. The van der Waals surface area contributed by atoms with E-state index in [2.05, 4.69) is 4.98 Å². The first-order valence-electron chi connectivity index (χ1n) is 13.1. The van der Waals surface area contributed by atoms with Gasteiger partial charge >= 0.3 is 0 Å². The Hall–Kier alpha value is -3.73. The number of sulfonamides is 1. The Balaban J connectivity index is 1.51. The number of ether oxygens (including phenoxy) is 1. The first-order valence-corrected chi connectivity index (χ1v) is 14.6. The number of carbonyl (C=O) groups excluding carboxylic acids is 1. The molecular weight excluding hydrogens is 523 g/mol. The monoisotopic (exact) mass is 554 g/mol. The molecule has 2 aromatic heterocycles. The predicted octanol–water partition coefficient (Wildman–Crippen LogP) is 4.25. The van der Waals surface area contributed by atoms with Crippen molar-refractivity contribution in [3.8, 4) is 17.0 Å². The number of aromatic nitrogens is 2. The average molecular weight is 555 g/mol. The van der Waals surface area contributed by atoms with Gasteiger partial charge in [0.1, 0.15) is 17.4 Å². The Morgan fingerprint density at radius 1 is 1.13 bits per heavy atom. The first kappa shape index (κ1) is 26.9. The van der Waals surface area contributed by atoms with Gasteiger partial charge in [0.05, 0.1) is 17.9 Å². The van der Waals surface area contributed by atoms with Crippen LogP contribution in [0.2, 0.25) is 0 Å². The molecule has 2 atom stereocenters. The second kappa shape index (κ2) is 10.8. The van der Waals surface area contributed by atoms with Gasteiger partial charge in [-0.1, -0.05) is 6.42 Å². The molecule has 0 radical (unpaired) electrons. The fourth-order valence-electron chi connectivity index (χ4n) is 5.11. The van der Waals surface area contributed by atoms with E-state index >= 15 is 0 Å². The number of benzene rings is 1. The SMILES string of the molecule is CC1CC[C@H](C)N1c1nc(-c2cc(F)cc(OCC3CCC3)c2)ccc1C(=O)NS(=O)(=O)c1ccc[nH]c1=O. The predicted molar refractivity (Wildman–Crippen MR) is 145 cm³/mol. The summed E-state index contributed by atoms with van der Waals surface area (Å²) in [7, 11) is -4.45. The van der Waals surface area contributed by atoms with Gasteiger partial charge in [-0.05, 0) is 81.8 Å². The van der Waals surface area contributed by atoms with Gasteiger partial charge in [0.15, 0.2) is 4.90 Å². The number of amides is 1. The second-order valence-corrected chi connectivity index (χ2v) is 12.0. The number of nitrogens with one attached hydrogen (secondary N) is 2. The fourth-order valence-corrected chi connectivity index (χ4v) is 6.14. The third kappa shape index (κ3) is 5.68. The van der Waals surface area contributed by atoms with Crippen LogP contribution in [0.4, 0.5) is 10.2 Å². The van der Waals surface area contributed by atoms with Crippen LogP contribution in [0.3, 0.4) is 0 Å². The van der Waals surface area contributed by atoms with Crippen LogP contribution in [0, 0.1) is 11.7 Å². The highest BCUT2D eigenvalue weighted by Crippen LogP contribution is 2.35. The van der Waals surface area contributed by atoms with Gasteiger partial charge in [0.2, 0.25) is 0 Å². The van der Waals surface area contributed by atoms with Gasteiger partial charge in [-0.2, -0.15) is 0 Å². The molecule has 1 unspecified atom stereocenters. The van der Waals surface area contributed by atoms with Crippen molar-refractivity contribution in [2.75, 3.05) is 11.5 Å². The quantitative estimate of drug-likeness (QED) is 0.427. The van der Waals surface area contributed by atoms with E-state index in [9.17, 15) is 22.4 Å². The van der Waals surface area contributed by atoms with E-state index in [1.54, 1.807) is 12.1 Å². The molecule has 1 aliphatic heterocycles. The smallest absolute Gasteiger partial charge is 0.269 e. The number of hydrogen-bond donors (Lipinski definition) is 2. The van der Waals surface area contributed by atoms with E-state index in [1.807, 2.05) is 23.5 Å². The van der Waals surface area contributed by atoms with E-state index < -0.39 is 32.2 Å². The molecule has 1 amide bonds. The molecule has 3 heterocycles. The number of pyridine rings is 2. The zero-order valence-electron chi connectivity index (χ0n) is 21.8. The molecule has 11 heteroatoms. The Kier molecular flexibility index (Phi) is 7.44. The second-order valence-electron chi connectivity index (χ2n) is 10.3. The lowest BCUT2D eigenvalue weighted by atomic mass is 9.86. The lowest BCUT2D eigenvalue weighted by Gasteiger charge is -2.29. The minimum atomic E-state index is -4.45. The third-order valence-electron chi connectivity index (χ3n) is 7.49. The van der Waals surface area contributed by atoms with Crippen molar-refractivity contribution < 1.29 is 22.3 Å². The van der Waals surface area contributed by atoms with Gasteiger partial charge in [-0.15, -0.1) is 0 Å². The van der Waals surface area contributed by atoms with Gasteiger partial charge in [-0.3, -0.25) is 9.59 Å². The van der Waals surface area contributed by atoms with Crippen LogP contribution >= 0.6 is 0 Å². The minimum Gasteiger partial charge on any atom is -0.493 e. The van der Waals surface area contributed by atoms with Crippen LogP contribution in [-0.2, 0) is 10.0 Å². The van der Waals surface area contributed by atoms with Gasteiger partial charge in [-0.25, -0.2) is 22.5 Å². The van der Waals surface area contributed by atoms with Crippen LogP contribution in [0.5, 0.6) is 5.75 Å². The molecule has 39 heavy (non-hydrogen) atoms. The van der Waals surface area contributed by atoms with E-state index in [1.165, 1.54) is 36.9 Å². The van der Waals surface area contributed by atoms with Crippen LogP contribution in [0.15, 0.2) is 58.4 Å². The average Bonchev–Trinajstić information content (AvgIpc) is 3.19. The molecule has 1 aromatic carbocycles. The lowest BCUT2D eigenvalue weighted by molar-refractivity contribution is 0.0981. The van der Waals surface area contributed by atoms with E-state index in [-0.39, 0.29) is 17.6 Å². The molecule has 0 bridgehead atoms. The number of anilines is 1. The molecule has 2 N–H and O–H groups in total. The molecule has 1 aliphatic carbocycles. The molecule has 206 valence electrons. The number of hydrogen-bond acceptors (Lipinski definition) is 7. The molecule has 0 spiro atoms. The van der Waals surface area contributed by atoms with Crippen molar-refractivity contribution in [1.29, 1.82) is 0 Å². The van der Waals surface area contributed by atoms with Crippen molar-refractivity contribution in [2.45, 2.75) is 62.9 Å². The lowest BCUT2D eigenvalue weighted by Crippen LogP contribution is -2.38. The van der Waals surface area contributed by atoms with E-state index in [4.69, 9.17) is 9.72 Å². The fraction of sp³-hybridized carbons (Fsp3) is 0.393. The van der Waals surface area contributed by atoms with Crippen LogP contribution in [-0.4, -0.2) is 43.0 Å². The standard InChI is InChI=1S/C28H31FN4O5S/c1-17-8-9-18(2)33(17)26-23(27(34)32-39(36,37)25-7-4-12-30-28(25)35)10-11-24(31-26)20-13-21(29)15-22(14-20)38-16-19-5-3-6-19/h4,7,10-15,17-19H,3,5-6,8-9,16H2,1-2H3,(H,30,35)(H,32,34)/t17-,18?/m0/s1. The Morgan fingerprint density at radius 3 is 2.54 bits per heavy atom. The highest BCUT2D eigenvalue weighted by Gasteiger charge is 2.33. The van der Waals surface area contributed by atoms with E-state index in [0.29, 0.717) is 35.3 Å². The maximum Gasteiger partial charge on any atom is 0.269 e. The molecule has 1 saturated heterocycles. The molecule has 3 aromatic rings. The maximum atomic E-state index is 14.6. The van der Waals surface area contributed by atoms with Crippen molar-refractivity contribution in [3.63, 3.8) is 0 Å². The van der Waals surface area contributed by atoms with Gasteiger partial charge in [0.25, 0.3) is 21.5 Å². The molecular formula is C28H31FN4O5S. The Bertz CT molecular complexity index is 1540. The maximum absolute atomic E-state index is 14.6.